The molecule has 2 rings (SSSR count). The molecule has 0 aliphatic rings. The van der Waals surface area contributed by atoms with Crippen LogP contribution in [0, 0.1) is 36.5 Å². The van der Waals surface area contributed by atoms with Crippen molar-refractivity contribution in [2.45, 2.75) is 26.7 Å². The summed E-state index contributed by atoms with van der Waals surface area (Å²) in [5, 5.41) is 16.8. The summed E-state index contributed by atoms with van der Waals surface area (Å²) in [6.07, 6.45) is 1.04. The molecule has 0 radical (unpaired) electrons. The van der Waals surface area contributed by atoms with Crippen molar-refractivity contribution in [1.82, 2.24) is 0 Å². The van der Waals surface area contributed by atoms with Gasteiger partial charge in [0.2, 0.25) is 0 Å². The number of hydrogen-bond acceptors (Lipinski definition) is 2. The summed E-state index contributed by atoms with van der Waals surface area (Å²) in [5.74, 6) is 0. The van der Waals surface area contributed by atoms with E-state index >= 15 is 0 Å². The largest absolute Gasteiger partial charge is 0.198 e. The van der Waals surface area contributed by atoms with Gasteiger partial charge in [0.15, 0.2) is 0 Å². The summed E-state index contributed by atoms with van der Waals surface area (Å²) < 4.78 is 0. The second kappa shape index (κ2) is 8.51. The quantitative estimate of drug-likeness (QED) is 0.817. The Hall–Kier alpha value is -2.58. The Labute approximate surface area is 120 Å². The molecule has 0 spiro atoms. The highest BCUT2D eigenvalue weighted by molar-refractivity contribution is 5.28. The van der Waals surface area contributed by atoms with Crippen molar-refractivity contribution < 1.29 is 0 Å². The Kier molecular flexibility index (Phi) is 6.59. The van der Waals surface area contributed by atoms with Gasteiger partial charge in [-0.2, -0.15) is 10.5 Å². The lowest BCUT2D eigenvalue weighted by Crippen LogP contribution is -1.84. The molecule has 2 aromatic carbocycles. The molecule has 0 unspecified atom stereocenters. The first kappa shape index (κ1) is 15.5. The summed E-state index contributed by atoms with van der Waals surface area (Å²) in [6, 6.07) is 20.1. The fraction of sp³-hybridized carbons (Fsp3) is 0.222. The Morgan fingerprint density at radius 1 is 0.700 bits per heavy atom. The third-order valence-electron chi connectivity index (χ3n) is 3.06. The van der Waals surface area contributed by atoms with Crippen molar-refractivity contribution >= 4 is 0 Å². The first-order chi connectivity index (χ1) is 9.69. The number of aryl methyl sites for hydroxylation is 2. The van der Waals surface area contributed by atoms with Crippen molar-refractivity contribution in [3.05, 3.63) is 70.8 Å². The van der Waals surface area contributed by atoms with Crippen LogP contribution in [0.25, 0.3) is 0 Å². The maximum absolute atomic E-state index is 8.39. The lowest BCUT2D eigenvalue weighted by Gasteiger charge is -1.97. The van der Waals surface area contributed by atoms with E-state index in [0.29, 0.717) is 12.8 Å². The van der Waals surface area contributed by atoms with Crippen LogP contribution >= 0.6 is 0 Å². The molecule has 0 aliphatic carbocycles. The normalized spacial score (nSPS) is 8.80. The van der Waals surface area contributed by atoms with Crippen molar-refractivity contribution in [1.29, 1.82) is 10.5 Å². The molecule has 0 bridgehead atoms. The molecule has 0 amide bonds. The van der Waals surface area contributed by atoms with Gasteiger partial charge in [-0.25, -0.2) is 0 Å². The Morgan fingerprint density at radius 2 is 1.05 bits per heavy atom. The Balaban J connectivity index is 0.000000200. The van der Waals surface area contributed by atoms with Gasteiger partial charge in [-0.3, -0.25) is 0 Å². The summed E-state index contributed by atoms with van der Waals surface area (Å²) in [7, 11) is 0. The van der Waals surface area contributed by atoms with E-state index in [4.69, 9.17) is 10.5 Å². The zero-order valence-corrected chi connectivity index (χ0v) is 11.9. The summed E-state index contributed by atoms with van der Waals surface area (Å²) >= 11 is 0. The molecule has 2 heteroatoms. The van der Waals surface area contributed by atoms with E-state index in [1.807, 2.05) is 62.4 Å². The Bertz CT molecular complexity index is 573. The smallest absolute Gasteiger partial charge is 0.0669 e. The predicted octanol–water partition coefficient (Wildman–Crippen LogP) is 4.12. The second-order valence-electron chi connectivity index (χ2n) is 4.52. The molecule has 0 fully saturated rings. The number of hydrogen-bond donors (Lipinski definition) is 0. The molecule has 0 saturated carbocycles. The third-order valence-corrected chi connectivity index (χ3v) is 3.06. The average molecular weight is 262 g/mol. The zero-order chi connectivity index (χ0) is 14.8. The van der Waals surface area contributed by atoms with Crippen LogP contribution in [0.2, 0.25) is 0 Å². The van der Waals surface area contributed by atoms with Gasteiger partial charge in [0.25, 0.3) is 0 Å². The fourth-order valence-electron chi connectivity index (χ4n) is 1.79. The number of benzene rings is 2. The molecule has 0 aliphatic heterocycles. The van der Waals surface area contributed by atoms with Crippen LogP contribution in [0.3, 0.4) is 0 Å². The average Bonchev–Trinajstić information content (AvgIpc) is 2.45. The minimum absolute atomic E-state index is 0.521. The van der Waals surface area contributed by atoms with Crippen LogP contribution in [0.4, 0.5) is 0 Å². The highest BCUT2D eigenvalue weighted by atomic mass is 14.2. The van der Waals surface area contributed by atoms with Crippen LogP contribution < -0.4 is 0 Å². The molecule has 0 atom stereocenters. The molecule has 2 nitrogen and oxygen atoms in total. The first-order valence-electron chi connectivity index (χ1n) is 6.52. The van der Waals surface area contributed by atoms with Crippen LogP contribution in [0.1, 0.15) is 22.3 Å². The lowest BCUT2D eigenvalue weighted by atomic mass is 10.1. The minimum atomic E-state index is 0.521. The lowest BCUT2D eigenvalue weighted by molar-refractivity contribution is 1.21. The molecule has 2 aromatic rings. The van der Waals surface area contributed by atoms with Gasteiger partial charge in [-0.15, -0.1) is 0 Å². The van der Waals surface area contributed by atoms with Gasteiger partial charge in [0, 0.05) is 0 Å². The van der Waals surface area contributed by atoms with Crippen LogP contribution in [0.5, 0.6) is 0 Å². The van der Waals surface area contributed by atoms with Crippen molar-refractivity contribution in [2.24, 2.45) is 0 Å². The van der Waals surface area contributed by atoms with Gasteiger partial charge in [0.1, 0.15) is 0 Å². The summed E-state index contributed by atoms with van der Waals surface area (Å²) in [4.78, 5) is 0. The van der Waals surface area contributed by atoms with E-state index in [2.05, 4.69) is 12.1 Å². The van der Waals surface area contributed by atoms with E-state index in [9.17, 15) is 0 Å². The molecule has 100 valence electrons. The van der Waals surface area contributed by atoms with Gasteiger partial charge in [-0.05, 0) is 36.1 Å². The third kappa shape index (κ3) is 4.96. The SMILES string of the molecule is Cc1ccccc1CC#N.Cc1ccccc1CC#N. The second-order valence-corrected chi connectivity index (χ2v) is 4.52. The van der Waals surface area contributed by atoms with Gasteiger partial charge < -0.3 is 0 Å². The van der Waals surface area contributed by atoms with Crippen LogP contribution in [-0.2, 0) is 12.8 Å². The highest BCUT2D eigenvalue weighted by Crippen LogP contribution is 2.06. The first-order valence-corrected chi connectivity index (χ1v) is 6.52. The Morgan fingerprint density at radius 3 is 1.35 bits per heavy atom. The number of rotatable bonds is 2. The molecule has 0 saturated heterocycles. The van der Waals surface area contributed by atoms with Crippen molar-refractivity contribution in [3.8, 4) is 12.1 Å². The molecule has 0 aromatic heterocycles. The number of nitrogens with zero attached hydrogens (tertiary/aromatic N) is 2. The topological polar surface area (TPSA) is 47.6 Å². The molecular formula is C18H18N2. The standard InChI is InChI=1S/2C9H9N/c2*1-8-4-2-3-5-9(8)6-7-10/h2*2-5H,6H2,1H3. The minimum Gasteiger partial charge on any atom is -0.198 e. The van der Waals surface area contributed by atoms with Gasteiger partial charge in [0.05, 0.1) is 25.0 Å². The van der Waals surface area contributed by atoms with Gasteiger partial charge >= 0.3 is 0 Å². The molecule has 20 heavy (non-hydrogen) atoms. The van der Waals surface area contributed by atoms with E-state index in [1.54, 1.807) is 0 Å². The predicted molar refractivity (Wildman–Crippen MR) is 81.0 cm³/mol. The maximum atomic E-state index is 8.39. The molecule has 0 heterocycles. The highest BCUT2D eigenvalue weighted by Gasteiger charge is 1.93. The van der Waals surface area contributed by atoms with Gasteiger partial charge in [-0.1, -0.05) is 48.5 Å². The van der Waals surface area contributed by atoms with E-state index in [0.717, 1.165) is 11.1 Å². The zero-order valence-electron chi connectivity index (χ0n) is 11.9. The van der Waals surface area contributed by atoms with Crippen LogP contribution in [0.15, 0.2) is 48.5 Å². The monoisotopic (exact) mass is 262 g/mol. The number of nitriles is 2. The fourth-order valence-corrected chi connectivity index (χ4v) is 1.79. The van der Waals surface area contributed by atoms with E-state index in [1.165, 1.54) is 11.1 Å². The molecule has 0 N–H and O–H groups in total. The van der Waals surface area contributed by atoms with Crippen molar-refractivity contribution in [2.75, 3.05) is 0 Å². The van der Waals surface area contributed by atoms with Crippen molar-refractivity contribution in [3.63, 3.8) is 0 Å². The summed E-state index contributed by atoms with van der Waals surface area (Å²) in [6.45, 7) is 4.04. The summed E-state index contributed by atoms with van der Waals surface area (Å²) in [5.41, 5.74) is 4.66. The van der Waals surface area contributed by atoms with Crippen LogP contribution in [-0.4, -0.2) is 0 Å². The van der Waals surface area contributed by atoms with E-state index < -0.39 is 0 Å². The molecular weight excluding hydrogens is 244 g/mol. The van der Waals surface area contributed by atoms with E-state index in [-0.39, 0.29) is 0 Å². The maximum Gasteiger partial charge on any atom is 0.0669 e.